The molecule has 2 N–H and O–H groups in total. The van der Waals surface area contributed by atoms with Crippen molar-refractivity contribution < 1.29 is 9.68 Å². The largest absolute Gasteiger partial charge is 0.491 e. The molecule has 0 atom stereocenters. The molecule has 0 unspecified atom stereocenters. The predicted molar refractivity (Wildman–Crippen MR) is 86.1 cm³/mol. The van der Waals surface area contributed by atoms with Crippen molar-refractivity contribution in [1.29, 1.82) is 0 Å². The van der Waals surface area contributed by atoms with Gasteiger partial charge in [0.05, 0.1) is 6.61 Å². The summed E-state index contributed by atoms with van der Waals surface area (Å²) in [5.74, 6) is 0.954. The Morgan fingerprint density at radius 1 is 1.58 bits per heavy atom. The second kappa shape index (κ2) is 6.72. The number of rotatable bonds is 4. The molecule has 1 aliphatic heterocycles. The van der Waals surface area contributed by atoms with E-state index in [1.807, 2.05) is 32.3 Å². The number of fused-ring (bicyclic) bond motifs is 1. The maximum absolute atomic E-state index is 9.65. The lowest BCUT2D eigenvalue weighted by Crippen LogP contribution is -2.28. The van der Waals surface area contributed by atoms with E-state index in [0.29, 0.717) is 6.61 Å². The lowest BCUT2D eigenvalue weighted by atomic mass is 9.79. The van der Waals surface area contributed by atoms with Gasteiger partial charge in [0, 0.05) is 18.0 Å². The summed E-state index contributed by atoms with van der Waals surface area (Å²) < 4.78 is 5.90. The minimum atomic E-state index is -0.813. The van der Waals surface area contributed by atoms with Crippen molar-refractivity contribution in [2.24, 2.45) is 0 Å². The molecule has 0 aliphatic carbocycles. The third-order valence-corrected chi connectivity index (χ3v) is 4.03. The van der Waals surface area contributed by atoms with E-state index in [-0.39, 0.29) is 0 Å². The first-order chi connectivity index (χ1) is 9.06. The van der Waals surface area contributed by atoms with Crippen LogP contribution in [-0.4, -0.2) is 47.8 Å². The molecule has 0 aromatic heterocycles. The fourth-order valence-corrected chi connectivity index (χ4v) is 2.97. The quantitative estimate of drug-likeness (QED) is 0.636. The van der Waals surface area contributed by atoms with Crippen LogP contribution in [0.25, 0.3) is 0 Å². The molecule has 7 heteroatoms. The Kier molecular flexibility index (Phi) is 5.24. The highest BCUT2D eigenvalue weighted by atomic mass is 32.2. The van der Waals surface area contributed by atoms with Crippen LogP contribution in [0.3, 0.4) is 0 Å². The smallest absolute Gasteiger partial charge is 0.423 e. The monoisotopic (exact) mass is 296 g/mol. The number of thioether (sulfide) groups is 1. The molecule has 4 nitrogen and oxygen atoms in total. The lowest BCUT2D eigenvalue weighted by Gasteiger charge is -2.11. The molecule has 2 rings (SSSR count). The van der Waals surface area contributed by atoms with Gasteiger partial charge >= 0.3 is 7.12 Å². The summed E-state index contributed by atoms with van der Waals surface area (Å²) in [5, 5.41) is 12.8. The van der Waals surface area contributed by atoms with E-state index in [1.54, 1.807) is 11.8 Å². The van der Waals surface area contributed by atoms with Gasteiger partial charge in [-0.25, -0.2) is 0 Å². The van der Waals surface area contributed by atoms with Gasteiger partial charge in [-0.15, -0.1) is 0 Å². The van der Waals surface area contributed by atoms with Gasteiger partial charge < -0.3 is 19.9 Å². The Morgan fingerprint density at radius 2 is 2.37 bits per heavy atom. The fourth-order valence-electron chi connectivity index (χ4n) is 1.77. The van der Waals surface area contributed by atoms with Crippen molar-refractivity contribution in [3.05, 3.63) is 23.8 Å². The van der Waals surface area contributed by atoms with Gasteiger partial charge in [-0.3, -0.25) is 0 Å². The Balaban J connectivity index is 1.89. The highest BCUT2D eigenvalue weighted by molar-refractivity contribution is 8.23. The SMILES string of the molecule is CN(C)CCSC(=S)Nc1ccc2c(c1)B(O)OC2. The van der Waals surface area contributed by atoms with Gasteiger partial charge in [-0.1, -0.05) is 30.0 Å². The standard InChI is InChI=1S/C12H17BN2O2S2/c1-15(2)5-6-19-12(18)14-10-4-3-9-8-17-13(16)11(9)7-10/h3-4,7,16H,5-6,8H2,1-2H3,(H,14,18). The lowest BCUT2D eigenvalue weighted by molar-refractivity contribution is 0.275. The van der Waals surface area contributed by atoms with Crippen LogP contribution in [-0.2, 0) is 11.3 Å². The number of anilines is 1. The molecule has 0 spiro atoms. The van der Waals surface area contributed by atoms with Gasteiger partial charge in [-0.2, -0.15) is 0 Å². The molecule has 0 radical (unpaired) electrons. The molecule has 0 saturated carbocycles. The van der Waals surface area contributed by atoms with E-state index in [4.69, 9.17) is 16.9 Å². The number of nitrogens with one attached hydrogen (secondary N) is 1. The maximum Gasteiger partial charge on any atom is 0.491 e. The molecule has 102 valence electrons. The average Bonchev–Trinajstić information content (AvgIpc) is 2.70. The molecule has 0 fully saturated rings. The third kappa shape index (κ3) is 4.19. The van der Waals surface area contributed by atoms with Crippen molar-refractivity contribution in [3.63, 3.8) is 0 Å². The van der Waals surface area contributed by atoms with E-state index in [9.17, 15) is 5.02 Å². The molecule has 1 aromatic carbocycles. The van der Waals surface area contributed by atoms with Gasteiger partial charge in [0.2, 0.25) is 0 Å². The van der Waals surface area contributed by atoms with Crippen molar-refractivity contribution in [1.82, 2.24) is 4.90 Å². The summed E-state index contributed by atoms with van der Waals surface area (Å²) >= 11 is 6.90. The molecule has 0 amide bonds. The van der Waals surface area contributed by atoms with E-state index in [2.05, 4.69) is 10.2 Å². The fraction of sp³-hybridized carbons (Fsp3) is 0.417. The van der Waals surface area contributed by atoms with Crippen LogP contribution in [0.5, 0.6) is 0 Å². The maximum atomic E-state index is 9.65. The Labute approximate surface area is 123 Å². The zero-order valence-electron chi connectivity index (χ0n) is 11.0. The molecular formula is C12H17BN2O2S2. The summed E-state index contributed by atoms with van der Waals surface area (Å²) in [4.78, 5) is 2.12. The summed E-state index contributed by atoms with van der Waals surface area (Å²) in [7, 11) is 3.27. The topological polar surface area (TPSA) is 44.7 Å². The van der Waals surface area contributed by atoms with Crippen LogP contribution in [0.4, 0.5) is 5.69 Å². The summed E-state index contributed by atoms with van der Waals surface area (Å²) in [6.07, 6.45) is 0. The van der Waals surface area contributed by atoms with Crippen molar-refractivity contribution >= 4 is 46.6 Å². The molecule has 1 aliphatic rings. The Morgan fingerprint density at radius 3 is 3.11 bits per heavy atom. The second-order valence-corrected chi connectivity index (χ2v) is 6.41. The normalized spacial score (nSPS) is 13.8. The van der Waals surface area contributed by atoms with Crippen LogP contribution < -0.4 is 10.8 Å². The average molecular weight is 296 g/mol. The zero-order chi connectivity index (χ0) is 13.8. The first-order valence-corrected chi connectivity index (χ1v) is 7.46. The van der Waals surface area contributed by atoms with Gasteiger partial charge in [0.25, 0.3) is 0 Å². The number of nitrogens with zero attached hydrogens (tertiary/aromatic N) is 1. The minimum Gasteiger partial charge on any atom is -0.423 e. The molecule has 0 bridgehead atoms. The van der Waals surface area contributed by atoms with Gasteiger partial charge in [0.15, 0.2) is 0 Å². The minimum absolute atomic E-state index is 0.471. The zero-order valence-corrected chi connectivity index (χ0v) is 12.7. The second-order valence-electron chi connectivity index (χ2n) is 4.64. The molecule has 0 saturated heterocycles. The van der Waals surface area contributed by atoms with E-state index in [0.717, 1.165) is 33.3 Å². The number of benzene rings is 1. The van der Waals surface area contributed by atoms with E-state index in [1.165, 1.54) is 0 Å². The summed E-state index contributed by atoms with van der Waals surface area (Å²) in [5.41, 5.74) is 2.75. The van der Waals surface area contributed by atoms with Crippen molar-refractivity contribution in [2.45, 2.75) is 6.61 Å². The van der Waals surface area contributed by atoms with Crippen LogP contribution in [0, 0.1) is 0 Å². The Bertz CT molecular complexity index is 471. The molecule has 1 aromatic rings. The number of hydrogen-bond acceptors (Lipinski definition) is 5. The summed E-state index contributed by atoms with van der Waals surface area (Å²) in [6, 6.07) is 5.81. The number of thiocarbonyl (C=S) groups is 1. The summed E-state index contributed by atoms with van der Waals surface area (Å²) in [6.45, 7) is 1.46. The van der Waals surface area contributed by atoms with E-state index < -0.39 is 7.12 Å². The van der Waals surface area contributed by atoms with Crippen LogP contribution in [0.2, 0.25) is 0 Å². The predicted octanol–water partition coefficient (Wildman–Crippen LogP) is 0.896. The van der Waals surface area contributed by atoms with Gasteiger partial charge in [0.1, 0.15) is 4.32 Å². The molecular weight excluding hydrogens is 279 g/mol. The van der Waals surface area contributed by atoms with Crippen LogP contribution in [0.15, 0.2) is 18.2 Å². The van der Waals surface area contributed by atoms with Crippen LogP contribution in [0.1, 0.15) is 5.56 Å². The molecule has 19 heavy (non-hydrogen) atoms. The molecule has 1 heterocycles. The van der Waals surface area contributed by atoms with Crippen LogP contribution >= 0.6 is 24.0 Å². The highest BCUT2D eigenvalue weighted by Crippen LogP contribution is 2.16. The van der Waals surface area contributed by atoms with Crippen molar-refractivity contribution in [3.8, 4) is 0 Å². The first kappa shape index (κ1) is 14.8. The highest BCUT2D eigenvalue weighted by Gasteiger charge is 2.27. The van der Waals surface area contributed by atoms with Gasteiger partial charge in [-0.05, 0) is 37.3 Å². The van der Waals surface area contributed by atoms with Crippen molar-refractivity contribution in [2.75, 3.05) is 31.7 Å². The van der Waals surface area contributed by atoms with E-state index >= 15 is 0 Å². The Hall–Kier alpha value is -0.595. The number of hydrogen-bond donors (Lipinski definition) is 2. The first-order valence-electron chi connectivity index (χ1n) is 6.07. The third-order valence-electron chi connectivity index (χ3n) is 2.83.